The van der Waals surface area contributed by atoms with E-state index in [0.29, 0.717) is 0 Å². The van der Waals surface area contributed by atoms with Gasteiger partial charge in [0.05, 0.1) is 5.41 Å². The Morgan fingerprint density at radius 1 is 0.275 bits per heavy atom. The Labute approximate surface area is 296 Å². The minimum Gasteiger partial charge on any atom is -0.0619 e. The van der Waals surface area contributed by atoms with E-state index in [-0.39, 0.29) is 0 Å². The molecule has 3 aliphatic rings. The fraction of sp³-hybridized carbons (Fsp3) is 0.0196. The summed E-state index contributed by atoms with van der Waals surface area (Å²) in [5, 5.41) is 5.28. The van der Waals surface area contributed by atoms with Crippen molar-refractivity contribution < 1.29 is 0 Å². The molecule has 51 heavy (non-hydrogen) atoms. The largest absolute Gasteiger partial charge is 0.0726 e. The highest BCUT2D eigenvalue weighted by Crippen LogP contribution is 2.65. The smallest absolute Gasteiger partial charge is 0.0619 e. The van der Waals surface area contributed by atoms with E-state index in [1.165, 1.54) is 111 Å². The van der Waals surface area contributed by atoms with Crippen LogP contribution in [-0.4, -0.2) is 0 Å². The molecule has 0 fully saturated rings. The molecular formula is C51H30. The molecule has 12 rings (SSSR count). The molecule has 9 aromatic carbocycles. The molecule has 9 aromatic rings. The molecule has 0 aromatic heterocycles. The third kappa shape index (κ3) is 3.44. The topological polar surface area (TPSA) is 0 Å². The van der Waals surface area contributed by atoms with Gasteiger partial charge in [-0.05, 0) is 129 Å². The first-order valence-corrected chi connectivity index (χ1v) is 17.9. The standard InChI is InChI=1S/C51H30/c1-2-11-34-28-35(25-24-31(34)10-1)32-20-22-33(23-21-32)36-26-27-40-39-14-5-7-18-45(39)51(47(40)29-36)46-19-8-6-15-42(46)50-43-17-9-16-41-37-12-3-4-13-38(37)44(49(41)43)30-48(50)51/h1-30H. The van der Waals surface area contributed by atoms with E-state index < -0.39 is 5.41 Å². The third-order valence-corrected chi connectivity index (χ3v) is 12.0. The predicted octanol–water partition coefficient (Wildman–Crippen LogP) is 13.3. The lowest BCUT2D eigenvalue weighted by Gasteiger charge is -2.31. The Morgan fingerprint density at radius 2 is 0.824 bits per heavy atom. The van der Waals surface area contributed by atoms with Gasteiger partial charge < -0.3 is 0 Å². The molecule has 0 amide bonds. The number of fused-ring (bicyclic) bond motifs is 15. The summed E-state index contributed by atoms with van der Waals surface area (Å²) in [6.45, 7) is 0. The lowest BCUT2D eigenvalue weighted by molar-refractivity contribution is 0.795. The third-order valence-electron chi connectivity index (χ3n) is 12.0. The van der Waals surface area contributed by atoms with Gasteiger partial charge >= 0.3 is 0 Å². The molecule has 0 nitrogen and oxygen atoms in total. The minimum atomic E-state index is -0.420. The molecule has 0 heterocycles. The van der Waals surface area contributed by atoms with E-state index in [2.05, 4.69) is 182 Å². The molecule has 0 aliphatic heterocycles. The molecule has 1 spiro atoms. The van der Waals surface area contributed by atoms with Crippen LogP contribution in [0.5, 0.6) is 0 Å². The zero-order valence-electron chi connectivity index (χ0n) is 27.8. The maximum Gasteiger partial charge on any atom is 0.0726 e. The molecule has 0 saturated heterocycles. The van der Waals surface area contributed by atoms with Gasteiger partial charge in [-0.2, -0.15) is 0 Å². The van der Waals surface area contributed by atoms with Crippen LogP contribution in [0.2, 0.25) is 0 Å². The Bertz CT molecular complexity index is 2960. The van der Waals surface area contributed by atoms with Crippen molar-refractivity contribution in [3.8, 4) is 66.8 Å². The predicted molar refractivity (Wildman–Crippen MR) is 213 cm³/mol. The van der Waals surface area contributed by atoms with Crippen LogP contribution < -0.4 is 0 Å². The van der Waals surface area contributed by atoms with E-state index in [1.54, 1.807) is 0 Å². The number of benzene rings is 9. The van der Waals surface area contributed by atoms with Crippen LogP contribution in [0.1, 0.15) is 22.3 Å². The fourth-order valence-corrected chi connectivity index (χ4v) is 9.90. The summed E-state index contributed by atoms with van der Waals surface area (Å²) in [5.74, 6) is 0. The highest BCUT2D eigenvalue weighted by Gasteiger charge is 2.52. The summed E-state index contributed by atoms with van der Waals surface area (Å²) in [6, 6.07) is 68.5. The molecule has 1 atom stereocenters. The summed E-state index contributed by atoms with van der Waals surface area (Å²) >= 11 is 0. The van der Waals surface area contributed by atoms with Crippen molar-refractivity contribution in [1.29, 1.82) is 0 Å². The lowest BCUT2D eigenvalue weighted by Crippen LogP contribution is -2.26. The summed E-state index contributed by atoms with van der Waals surface area (Å²) in [5.41, 5.74) is 20.8. The molecule has 0 N–H and O–H groups in total. The van der Waals surface area contributed by atoms with E-state index >= 15 is 0 Å². The van der Waals surface area contributed by atoms with Gasteiger partial charge in [-0.15, -0.1) is 0 Å². The maximum atomic E-state index is 2.56. The van der Waals surface area contributed by atoms with Crippen molar-refractivity contribution >= 4 is 21.5 Å². The molecule has 0 heteroatoms. The quantitative estimate of drug-likeness (QED) is 0.176. The summed E-state index contributed by atoms with van der Waals surface area (Å²) < 4.78 is 0. The monoisotopic (exact) mass is 642 g/mol. The van der Waals surface area contributed by atoms with Crippen LogP contribution >= 0.6 is 0 Å². The van der Waals surface area contributed by atoms with E-state index in [1.807, 2.05) is 0 Å². The molecule has 0 bridgehead atoms. The molecular weight excluding hydrogens is 613 g/mol. The van der Waals surface area contributed by atoms with Gasteiger partial charge in [0.25, 0.3) is 0 Å². The zero-order valence-corrected chi connectivity index (χ0v) is 27.8. The SMILES string of the molecule is c1ccc2c(c1)-c1cccc3c4c(cc-2c13)C1(c2ccccc2-c2ccc(-c3ccc(-c5ccc6ccccc6c5)cc3)cc21)c1ccccc1-4. The van der Waals surface area contributed by atoms with Gasteiger partial charge in [0, 0.05) is 0 Å². The lowest BCUT2D eigenvalue weighted by atomic mass is 9.69. The van der Waals surface area contributed by atoms with Crippen LogP contribution in [0.3, 0.4) is 0 Å². The molecule has 1 unspecified atom stereocenters. The normalized spacial score (nSPS) is 15.5. The number of hydrogen-bond donors (Lipinski definition) is 0. The van der Waals surface area contributed by atoms with E-state index in [9.17, 15) is 0 Å². The molecule has 0 saturated carbocycles. The first-order valence-electron chi connectivity index (χ1n) is 17.9. The molecule has 3 aliphatic carbocycles. The van der Waals surface area contributed by atoms with Crippen LogP contribution in [0, 0.1) is 0 Å². The van der Waals surface area contributed by atoms with Crippen molar-refractivity contribution in [3.63, 3.8) is 0 Å². The first-order chi connectivity index (χ1) is 25.3. The second-order valence-corrected chi connectivity index (χ2v) is 14.4. The van der Waals surface area contributed by atoms with Gasteiger partial charge in [0.2, 0.25) is 0 Å². The highest BCUT2D eigenvalue weighted by molar-refractivity contribution is 6.21. The van der Waals surface area contributed by atoms with Crippen LogP contribution in [-0.2, 0) is 5.41 Å². The van der Waals surface area contributed by atoms with Gasteiger partial charge in [0.1, 0.15) is 0 Å². The average Bonchev–Trinajstić information content (AvgIpc) is 3.80. The Kier molecular flexibility index (Phi) is 5.26. The maximum absolute atomic E-state index is 2.56. The second kappa shape index (κ2) is 9.81. The van der Waals surface area contributed by atoms with Crippen LogP contribution in [0.4, 0.5) is 0 Å². The van der Waals surface area contributed by atoms with Crippen molar-refractivity contribution in [1.82, 2.24) is 0 Å². The fourth-order valence-electron chi connectivity index (χ4n) is 9.90. The highest BCUT2D eigenvalue weighted by atomic mass is 14.5. The van der Waals surface area contributed by atoms with Gasteiger partial charge in [-0.3, -0.25) is 0 Å². The number of rotatable bonds is 2. The van der Waals surface area contributed by atoms with Gasteiger partial charge in [-0.1, -0.05) is 164 Å². The van der Waals surface area contributed by atoms with Crippen molar-refractivity contribution in [2.75, 3.05) is 0 Å². The van der Waals surface area contributed by atoms with Gasteiger partial charge in [0.15, 0.2) is 0 Å². The first kappa shape index (κ1) is 27.3. The van der Waals surface area contributed by atoms with Crippen molar-refractivity contribution in [2.24, 2.45) is 0 Å². The Morgan fingerprint density at radius 3 is 1.61 bits per heavy atom. The van der Waals surface area contributed by atoms with Crippen LogP contribution in [0.15, 0.2) is 182 Å². The summed E-state index contributed by atoms with van der Waals surface area (Å²) in [6.07, 6.45) is 0. The van der Waals surface area contributed by atoms with Crippen molar-refractivity contribution in [3.05, 3.63) is 204 Å². The van der Waals surface area contributed by atoms with Crippen LogP contribution in [0.25, 0.3) is 88.3 Å². The second-order valence-electron chi connectivity index (χ2n) is 14.4. The Balaban J connectivity index is 1.10. The zero-order chi connectivity index (χ0) is 33.3. The van der Waals surface area contributed by atoms with Crippen molar-refractivity contribution in [2.45, 2.75) is 5.41 Å². The van der Waals surface area contributed by atoms with E-state index in [0.717, 1.165) is 0 Å². The van der Waals surface area contributed by atoms with Gasteiger partial charge in [-0.25, -0.2) is 0 Å². The van der Waals surface area contributed by atoms with E-state index in [4.69, 9.17) is 0 Å². The summed E-state index contributed by atoms with van der Waals surface area (Å²) in [7, 11) is 0. The average molecular weight is 643 g/mol. The number of hydrogen-bond acceptors (Lipinski definition) is 0. The molecule has 0 radical (unpaired) electrons. The minimum absolute atomic E-state index is 0.420. The Hall–Kier alpha value is -6.50. The summed E-state index contributed by atoms with van der Waals surface area (Å²) in [4.78, 5) is 0. The molecule has 234 valence electrons.